The van der Waals surface area contributed by atoms with Gasteiger partial charge in [0.25, 0.3) is 0 Å². The molecule has 2 aliphatic rings. The second kappa shape index (κ2) is 5.09. The Morgan fingerprint density at radius 3 is 3.06 bits per heavy atom. The molecule has 1 aromatic rings. The fourth-order valence-electron chi connectivity index (χ4n) is 3.14. The smallest absolute Gasteiger partial charge is 0.0512 e. The van der Waals surface area contributed by atoms with Crippen molar-refractivity contribution in [1.82, 2.24) is 5.32 Å². The van der Waals surface area contributed by atoms with E-state index in [1.54, 1.807) is 10.4 Å². The van der Waals surface area contributed by atoms with Crippen molar-refractivity contribution < 1.29 is 4.74 Å². The molecule has 1 fully saturated rings. The standard InChI is InChI=1S/C14H21NOS/c1-15-14(11-5-3-7-16-9-11)13-8-10-4-2-6-12(10)17-13/h8,11,14-15H,2-7,9H2,1H3. The largest absolute Gasteiger partial charge is 0.381 e. The normalized spacial score (nSPS) is 25.8. The summed E-state index contributed by atoms with van der Waals surface area (Å²) in [7, 11) is 2.09. The maximum atomic E-state index is 5.63. The van der Waals surface area contributed by atoms with Gasteiger partial charge in [-0.2, -0.15) is 0 Å². The van der Waals surface area contributed by atoms with E-state index in [0.29, 0.717) is 12.0 Å². The van der Waals surface area contributed by atoms with Gasteiger partial charge in [-0.3, -0.25) is 0 Å². The monoisotopic (exact) mass is 251 g/mol. The highest BCUT2D eigenvalue weighted by atomic mass is 32.1. The summed E-state index contributed by atoms with van der Waals surface area (Å²) in [6, 6.07) is 2.95. The minimum absolute atomic E-state index is 0.505. The lowest BCUT2D eigenvalue weighted by molar-refractivity contribution is 0.0407. The Kier molecular flexibility index (Phi) is 3.50. The van der Waals surface area contributed by atoms with Crippen LogP contribution in [0.15, 0.2) is 6.07 Å². The molecule has 2 atom stereocenters. The van der Waals surface area contributed by atoms with Gasteiger partial charge in [-0.25, -0.2) is 0 Å². The van der Waals surface area contributed by atoms with Gasteiger partial charge in [0.1, 0.15) is 0 Å². The van der Waals surface area contributed by atoms with E-state index in [2.05, 4.69) is 18.4 Å². The highest BCUT2D eigenvalue weighted by Gasteiger charge is 2.27. The molecule has 0 saturated carbocycles. The Balaban J connectivity index is 1.78. The maximum Gasteiger partial charge on any atom is 0.0512 e. The molecular weight excluding hydrogens is 230 g/mol. The fraction of sp³-hybridized carbons (Fsp3) is 0.714. The Morgan fingerprint density at radius 2 is 2.35 bits per heavy atom. The summed E-state index contributed by atoms with van der Waals surface area (Å²) in [6.07, 6.45) is 6.47. The van der Waals surface area contributed by atoms with Crippen LogP contribution in [0.5, 0.6) is 0 Å². The van der Waals surface area contributed by atoms with Crippen LogP contribution in [-0.2, 0) is 17.6 Å². The lowest BCUT2D eigenvalue weighted by atomic mass is 9.92. The first-order valence-electron chi connectivity index (χ1n) is 6.75. The zero-order chi connectivity index (χ0) is 11.7. The molecule has 0 aromatic carbocycles. The number of ether oxygens (including phenoxy) is 1. The molecule has 1 aliphatic carbocycles. The van der Waals surface area contributed by atoms with E-state index in [1.165, 1.54) is 37.0 Å². The first-order valence-corrected chi connectivity index (χ1v) is 7.56. The van der Waals surface area contributed by atoms with Gasteiger partial charge in [0.2, 0.25) is 0 Å². The topological polar surface area (TPSA) is 21.3 Å². The Hall–Kier alpha value is -0.380. The van der Waals surface area contributed by atoms with Crippen molar-refractivity contribution in [2.45, 2.75) is 38.1 Å². The summed E-state index contributed by atoms with van der Waals surface area (Å²) in [6.45, 7) is 1.88. The van der Waals surface area contributed by atoms with Crippen molar-refractivity contribution in [2.24, 2.45) is 5.92 Å². The number of nitrogens with one attached hydrogen (secondary N) is 1. The Labute approximate surface area is 107 Å². The number of aryl methyl sites for hydroxylation is 2. The summed E-state index contributed by atoms with van der Waals surface area (Å²) in [5.41, 5.74) is 1.61. The van der Waals surface area contributed by atoms with Crippen LogP contribution in [0.3, 0.4) is 0 Å². The van der Waals surface area contributed by atoms with Gasteiger partial charge >= 0.3 is 0 Å². The van der Waals surface area contributed by atoms with E-state index in [9.17, 15) is 0 Å². The maximum absolute atomic E-state index is 5.63. The van der Waals surface area contributed by atoms with Crippen molar-refractivity contribution in [3.05, 3.63) is 21.4 Å². The van der Waals surface area contributed by atoms with Gasteiger partial charge < -0.3 is 10.1 Å². The molecule has 2 heterocycles. The van der Waals surface area contributed by atoms with Crippen LogP contribution >= 0.6 is 11.3 Å². The number of thiophene rings is 1. The van der Waals surface area contributed by atoms with E-state index in [4.69, 9.17) is 4.74 Å². The van der Waals surface area contributed by atoms with Gasteiger partial charge in [-0.15, -0.1) is 11.3 Å². The highest BCUT2D eigenvalue weighted by Crippen LogP contribution is 2.37. The summed E-state index contributed by atoms with van der Waals surface area (Å²) in [5, 5.41) is 3.51. The summed E-state index contributed by atoms with van der Waals surface area (Å²) in [4.78, 5) is 3.17. The summed E-state index contributed by atoms with van der Waals surface area (Å²) < 4.78 is 5.63. The molecule has 0 radical (unpaired) electrons. The number of hydrogen-bond acceptors (Lipinski definition) is 3. The van der Waals surface area contributed by atoms with Gasteiger partial charge in [0, 0.05) is 28.3 Å². The molecule has 3 heteroatoms. The lowest BCUT2D eigenvalue weighted by Gasteiger charge is -2.29. The lowest BCUT2D eigenvalue weighted by Crippen LogP contribution is -2.30. The van der Waals surface area contributed by atoms with Gasteiger partial charge in [-0.05, 0) is 50.8 Å². The van der Waals surface area contributed by atoms with Gasteiger partial charge in [0.05, 0.1) is 6.61 Å². The predicted molar refractivity (Wildman–Crippen MR) is 71.7 cm³/mol. The molecule has 1 saturated heterocycles. The van der Waals surface area contributed by atoms with Crippen LogP contribution < -0.4 is 5.32 Å². The molecule has 1 aliphatic heterocycles. The number of hydrogen-bond donors (Lipinski definition) is 1. The second-order valence-corrected chi connectivity index (χ2v) is 6.36. The average Bonchev–Trinajstić information content (AvgIpc) is 2.92. The molecular formula is C14H21NOS. The van der Waals surface area contributed by atoms with Crippen LogP contribution in [0, 0.1) is 5.92 Å². The van der Waals surface area contributed by atoms with E-state index in [0.717, 1.165) is 13.2 Å². The molecule has 17 heavy (non-hydrogen) atoms. The molecule has 0 spiro atoms. The third-order valence-corrected chi connectivity index (χ3v) is 5.37. The van der Waals surface area contributed by atoms with Crippen molar-refractivity contribution >= 4 is 11.3 Å². The van der Waals surface area contributed by atoms with Crippen molar-refractivity contribution in [3.63, 3.8) is 0 Å². The quantitative estimate of drug-likeness (QED) is 0.892. The van der Waals surface area contributed by atoms with Crippen LogP contribution in [0.25, 0.3) is 0 Å². The summed E-state index contributed by atoms with van der Waals surface area (Å²) in [5.74, 6) is 0.660. The highest BCUT2D eigenvalue weighted by molar-refractivity contribution is 7.12. The van der Waals surface area contributed by atoms with Crippen LogP contribution in [0.1, 0.15) is 40.6 Å². The minimum Gasteiger partial charge on any atom is -0.381 e. The van der Waals surface area contributed by atoms with Crippen LogP contribution in [0.4, 0.5) is 0 Å². The zero-order valence-electron chi connectivity index (χ0n) is 10.5. The minimum atomic E-state index is 0.505. The Morgan fingerprint density at radius 1 is 1.41 bits per heavy atom. The molecule has 1 N–H and O–H groups in total. The van der Waals surface area contributed by atoms with Crippen molar-refractivity contribution in [3.8, 4) is 0 Å². The van der Waals surface area contributed by atoms with Gasteiger partial charge in [0.15, 0.2) is 0 Å². The molecule has 0 bridgehead atoms. The molecule has 94 valence electrons. The van der Waals surface area contributed by atoms with Crippen molar-refractivity contribution in [1.29, 1.82) is 0 Å². The number of fused-ring (bicyclic) bond motifs is 1. The Bertz CT molecular complexity index is 360. The first kappa shape index (κ1) is 11.7. The molecule has 2 nitrogen and oxygen atoms in total. The zero-order valence-corrected chi connectivity index (χ0v) is 11.3. The third-order valence-electron chi connectivity index (χ3n) is 4.05. The number of rotatable bonds is 3. The van der Waals surface area contributed by atoms with Gasteiger partial charge in [-0.1, -0.05) is 0 Å². The predicted octanol–water partition coefficient (Wildman–Crippen LogP) is 2.92. The molecule has 2 unspecified atom stereocenters. The summed E-state index contributed by atoms with van der Waals surface area (Å²) >= 11 is 2.03. The first-order chi connectivity index (χ1) is 8.38. The van der Waals surface area contributed by atoms with E-state index in [1.807, 2.05) is 11.3 Å². The van der Waals surface area contributed by atoms with Crippen LogP contribution in [-0.4, -0.2) is 20.3 Å². The third kappa shape index (κ3) is 2.28. The van der Waals surface area contributed by atoms with E-state index < -0.39 is 0 Å². The molecule has 0 amide bonds. The van der Waals surface area contributed by atoms with E-state index >= 15 is 0 Å². The van der Waals surface area contributed by atoms with E-state index in [-0.39, 0.29) is 0 Å². The fourth-order valence-corrected chi connectivity index (χ4v) is 4.61. The SMILES string of the molecule is CNC(c1cc2c(s1)CCC2)C1CCCOC1. The van der Waals surface area contributed by atoms with Crippen molar-refractivity contribution in [2.75, 3.05) is 20.3 Å². The molecule has 1 aromatic heterocycles. The molecule has 3 rings (SSSR count). The average molecular weight is 251 g/mol. The second-order valence-electron chi connectivity index (χ2n) is 5.19. The van der Waals surface area contributed by atoms with Crippen LogP contribution in [0.2, 0.25) is 0 Å².